The number of aryl methyl sites for hydroxylation is 1. The molecule has 0 atom stereocenters. The van der Waals surface area contributed by atoms with Gasteiger partial charge < -0.3 is 24.8 Å². The lowest BCUT2D eigenvalue weighted by molar-refractivity contribution is -0.372. The van der Waals surface area contributed by atoms with Crippen molar-refractivity contribution in [2.45, 2.75) is 36.3 Å². The van der Waals surface area contributed by atoms with Gasteiger partial charge in [0, 0.05) is 63.9 Å². The Bertz CT molecular complexity index is 2280. The fraction of sp³-hybridized carbons (Fsp3) is 0.286. The maximum Gasteiger partial charge on any atom is 0.428 e. The van der Waals surface area contributed by atoms with Gasteiger partial charge in [0.25, 0.3) is 5.60 Å². The molecule has 6 aromatic rings. The van der Waals surface area contributed by atoms with Crippen molar-refractivity contribution in [2.24, 2.45) is 0 Å². The Balaban J connectivity index is 1.09. The lowest BCUT2D eigenvalue weighted by atomic mass is 9.98. The molecule has 0 radical (unpaired) electrons. The van der Waals surface area contributed by atoms with Crippen molar-refractivity contribution in [3.8, 4) is 17.1 Å². The highest BCUT2D eigenvalue weighted by Gasteiger charge is 2.70. The summed E-state index contributed by atoms with van der Waals surface area (Å²) >= 11 is 1.33. The molecule has 19 heteroatoms. The first kappa shape index (κ1) is 36.9. The predicted octanol–water partition coefficient (Wildman–Crippen LogP) is 7.31. The summed E-state index contributed by atoms with van der Waals surface area (Å²) in [6, 6.07) is 15.8. The summed E-state index contributed by atoms with van der Waals surface area (Å²) in [6.45, 7) is 2.47. The highest BCUT2D eigenvalue weighted by atomic mass is 32.2. The van der Waals surface area contributed by atoms with Crippen molar-refractivity contribution in [3.05, 3.63) is 78.8 Å². The Morgan fingerprint density at radius 2 is 1.65 bits per heavy atom. The largest absolute Gasteiger partial charge is 0.481 e. The third-order valence-electron chi connectivity index (χ3n) is 8.94. The molecule has 282 valence electrons. The van der Waals surface area contributed by atoms with E-state index in [1.54, 1.807) is 50.7 Å². The molecule has 1 aliphatic rings. The Kier molecular flexibility index (Phi) is 9.88. The molecule has 5 heterocycles. The van der Waals surface area contributed by atoms with Crippen molar-refractivity contribution in [3.63, 3.8) is 0 Å². The third-order valence-corrected chi connectivity index (χ3v) is 9.73. The minimum absolute atomic E-state index is 0.0157. The molecular weight excluding hydrogens is 741 g/mol. The number of nitrogens with zero attached hydrogens (tertiary/aromatic N) is 7. The van der Waals surface area contributed by atoms with E-state index in [-0.39, 0.29) is 5.52 Å². The standard InChI is InChI=1S/C35H31F6N9O3S/c1-20-24(7-8-27-26(20)18-44-50(27)19-33(51,34(36,37)38)35(39,40)41)31-25-15-28(43-17-21(25)9-10-42-31)45-22-3-5-23(6-4-22)54-48-32-46-29(16-30(47-32)52-2)49-11-13-53-14-12-49/h3-10,15-18,51H,11-14,19H2,1-2H3,(H,43,45)(H,46,47,48). The average Bonchev–Trinajstić information content (AvgIpc) is 3.57. The fourth-order valence-electron chi connectivity index (χ4n) is 5.96. The maximum absolute atomic E-state index is 13.4. The molecule has 1 fully saturated rings. The summed E-state index contributed by atoms with van der Waals surface area (Å²) in [5.41, 5.74) is -2.65. The number of fused-ring (bicyclic) bond motifs is 2. The second kappa shape index (κ2) is 14.4. The van der Waals surface area contributed by atoms with E-state index < -0.39 is 24.5 Å². The lowest BCUT2D eigenvalue weighted by Crippen LogP contribution is -2.59. The van der Waals surface area contributed by atoms with Gasteiger partial charge in [0.15, 0.2) is 0 Å². The molecule has 1 saturated heterocycles. The van der Waals surface area contributed by atoms with Crippen molar-refractivity contribution in [2.75, 3.05) is 48.4 Å². The van der Waals surface area contributed by atoms with Gasteiger partial charge in [0.1, 0.15) is 11.6 Å². The number of morpholine rings is 1. The maximum atomic E-state index is 13.4. The summed E-state index contributed by atoms with van der Waals surface area (Å²) in [4.78, 5) is 21.1. The smallest absolute Gasteiger partial charge is 0.428 e. The number of halogens is 6. The minimum atomic E-state index is -5.98. The molecule has 0 bridgehead atoms. The minimum Gasteiger partial charge on any atom is -0.481 e. The van der Waals surface area contributed by atoms with Crippen LogP contribution in [-0.4, -0.2) is 86.2 Å². The Morgan fingerprint density at radius 3 is 2.35 bits per heavy atom. The van der Waals surface area contributed by atoms with E-state index in [9.17, 15) is 31.4 Å². The van der Waals surface area contributed by atoms with Gasteiger partial charge in [-0.2, -0.15) is 41.4 Å². The number of ether oxygens (including phenoxy) is 2. The number of methoxy groups -OCH3 is 1. The van der Waals surface area contributed by atoms with Crippen molar-refractivity contribution >= 4 is 56.9 Å². The molecule has 0 spiro atoms. The Morgan fingerprint density at radius 1 is 0.907 bits per heavy atom. The number of benzene rings is 2. The van der Waals surface area contributed by atoms with Gasteiger partial charge in [-0.25, -0.2) is 4.98 Å². The van der Waals surface area contributed by atoms with Gasteiger partial charge >= 0.3 is 12.4 Å². The molecule has 0 saturated carbocycles. The zero-order valence-corrected chi connectivity index (χ0v) is 29.4. The molecule has 0 unspecified atom stereocenters. The van der Waals surface area contributed by atoms with Gasteiger partial charge in [-0.15, -0.1) is 0 Å². The van der Waals surface area contributed by atoms with Crippen molar-refractivity contribution < 1.29 is 40.9 Å². The van der Waals surface area contributed by atoms with Gasteiger partial charge in [0.05, 0.1) is 44.3 Å². The van der Waals surface area contributed by atoms with Crippen LogP contribution in [0.1, 0.15) is 5.56 Å². The van der Waals surface area contributed by atoms with E-state index in [0.717, 1.165) is 21.8 Å². The molecular formula is C35H31F6N9O3S. The number of alkyl halides is 6. The van der Waals surface area contributed by atoms with Crippen LogP contribution >= 0.6 is 11.9 Å². The normalized spacial score (nSPS) is 14.1. The molecule has 0 amide bonds. The number of nitrogens with one attached hydrogen (secondary N) is 2. The summed E-state index contributed by atoms with van der Waals surface area (Å²) in [5, 5.41) is 18.6. The van der Waals surface area contributed by atoms with Crippen LogP contribution in [0.15, 0.2) is 78.1 Å². The number of hydrogen-bond acceptors (Lipinski definition) is 12. The molecule has 54 heavy (non-hydrogen) atoms. The number of aliphatic hydroxyl groups is 1. The van der Waals surface area contributed by atoms with Gasteiger partial charge in [0.2, 0.25) is 11.8 Å². The topological polar surface area (TPSA) is 135 Å². The molecule has 2 aromatic carbocycles. The number of pyridine rings is 2. The van der Waals surface area contributed by atoms with Crippen LogP contribution < -0.4 is 19.7 Å². The van der Waals surface area contributed by atoms with Crippen LogP contribution in [0.5, 0.6) is 5.88 Å². The van der Waals surface area contributed by atoms with E-state index >= 15 is 0 Å². The summed E-state index contributed by atoms with van der Waals surface area (Å²) in [5.74, 6) is 2.07. The predicted molar refractivity (Wildman–Crippen MR) is 191 cm³/mol. The van der Waals surface area contributed by atoms with Crippen LogP contribution in [0.2, 0.25) is 0 Å². The zero-order chi connectivity index (χ0) is 38.3. The van der Waals surface area contributed by atoms with E-state index in [2.05, 4.69) is 40.0 Å². The molecule has 4 aromatic heterocycles. The van der Waals surface area contributed by atoms with E-state index in [0.29, 0.717) is 76.2 Å². The first-order chi connectivity index (χ1) is 25.7. The highest BCUT2D eigenvalue weighted by Crippen LogP contribution is 2.45. The summed E-state index contributed by atoms with van der Waals surface area (Å²) in [6.07, 6.45) is -7.55. The van der Waals surface area contributed by atoms with E-state index in [1.807, 2.05) is 24.3 Å². The number of anilines is 4. The first-order valence-electron chi connectivity index (χ1n) is 16.4. The van der Waals surface area contributed by atoms with Crippen LogP contribution in [0.4, 0.5) is 49.6 Å². The SMILES string of the molecule is COc1cc(N2CCOCC2)nc(NSc2ccc(Nc3cc4c(-c5ccc6c(cnn6CC(O)(C(F)(F)F)C(F)(F)F)c5C)nccc4cn3)cc2)n1. The molecule has 1 aliphatic heterocycles. The van der Waals surface area contributed by atoms with Crippen LogP contribution in [0.25, 0.3) is 32.9 Å². The van der Waals surface area contributed by atoms with Crippen molar-refractivity contribution in [1.82, 2.24) is 29.7 Å². The second-order valence-corrected chi connectivity index (χ2v) is 13.2. The molecule has 12 nitrogen and oxygen atoms in total. The quantitative estimate of drug-likeness (QED) is 0.0953. The van der Waals surface area contributed by atoms with Gasteiger partial charge in [-0.05, 0) is 66.9 Å². The first-order valence-corrected chi connectivity index (χ1v) is 17.2. The monoisotopic (exact) mass is 771 g/mol. The van der Waals surface area contributed by atoms with Gasteiger partial charge in [-0.1, -0.05) is 6.07 Å². The average molecular weight is 772 g/mol. The number of hydrogen-bond donors (Lipinski definition) is 3. The van der Waals surface area contributed by atoms with Crippen LogP contribution in [-0.2, 0) is 11.3 Å². The third kappa shape index (κ3) is 7.25. The van der Waals surface area contributed by atoms with Crippen molar-refractivity contribution in [1.29, 1.82) is 0 Å². The van der Waals surface area contributed by atoms with Gasteiger partial charge in [-0.3, -0.25) is 14.4 Å². The lowest BCUT2D eigenvalue weighted by Gasteiger charge is -2.32. The Labute approximate surface area is 307 Å². The fourth-order valence-corrected chi connectivity index (χ4v) is 6.53. The van der Waals surface area contributed by atoms with Crippen LogP contribution in [0, 0.1) is 6.92 Å². The zero-order valence-electron chi connectivity index (χ0n) is 28.5. The molecule has 3 N–H and O–H groups in total. The number of aromatic nitrogens is 6. The summed E-state index contributed by atoms with van der Waals surface area (Å²) < 4.78 is 95.0. The van der Waals surface area contributed by atoms with E-state index in [4.69, 9.17) is 9.47 Å². The second-order valence-electron chi connectivity index (χ2n) is 12.3. The summed E-state index contributed by atoms with van der Waals surface area (Å²) in [7, 11) is 1.55. The van der Waals surface area contributed by atoms with E-state index in [1.165, 1.54) is 24.2 Å². The molecule has 7 rings (SSSR count). The number of rotatable bonds is 10. The molecule has 0 aliphatic carbocycles. The van der Waals surface area contributed by atoms with Crippen LogP contribution in [0.3, 0.4) is 0 Å². The Hall–Kier alpha value is -5.40. The highest BCUT2D eigenvalue weighted by molar-refractivity contribution is 8.00.